The summed E-state index contributed by atoms with van der Waals surface area (Å²) in [4.78, 5) is 81.2. The Morgan fingerprint density at radius 3 is 2.29 bits per heavy atom. The topological polar surface area (TPSA) is 194 Å². The zero-order chi connectivity index (χ0) is 47.1. The predicted octanol–water partition coefficient (Wildman–Crippen LogP) is 5.37. The van der Waals surface area contributed by atoms with E-state index in [9.17, 15) is 37.5 Å². The lowest BCUT2D eigenvalue weighted by Crippen LogP contribution is -2.53. The highest BCUT2D eigenvalue weighted by Crippen LogP contribution is 2.63. The van der Waals surface area contributed by atoms with Crippen LogP contribution in [0, 0.1) is 5.92 Å². The van der Waals surface area contributed by atoms with E-state index in [1.165, 1.54) is 59.5 Å². The summed E-state index contributed by atoms with van der Waals surface area (Å²) in [7, 11) is 5.86. The molecule has 2 N–H and O–H groups in total. The van der Waals surface area contributed by atoms with Gasteiger partial charge in [-0.05, 0) is 41.8 Å². The van der Waals surface area contributed by atoms with Gasteiger partial charge < -0.3 is 23.9 Å². The fourth-order valence-corrected chi connectivity index (χ4v) is 9.95. The number of fused-ring (bicyclic) bond motifs is 5. The van der Waals surface area contributed by atoms with E-state index in [2.05, 4.69) is 15.4 Å². The lowest BCUT2D eigenvalue weighted by atomic mass is 9.53. The number of phenols is 1. The molecular weight excluding hydrogens is 912 g/mol. The molecule has 2 aliphatic heterocycles. The van der Waals surface area contributed by atoms with Gasteiger partial charge in [-0.3, -0.25) is 19.8 Å². The normalized spacial score (nSPS) is 20.2. The maximum atomic E-state index is 15.4. The van der Waals surface area contributed by atoms with Gasteiger partial charge >= 0.3 is 17.6 Å². The number of benzene rings is 3. The number of aromatic hydroxyl groups is 1. The van der Waals surface area contributed by atoms with Crippen molar-refractivity contribution in [1.82, 2.24) is 33.5 Å². The number of ether oxygens (including phenoxy) is 3. The second-order valence-electron chi connectivity index (χ2n) is 15.9. The molecular formula is C44H37Cl2F3N8O9. The standard InChI is InChI=1S/C44H37Cl2F3N8O9/c1-53-32-19-35(66-4)34(65-3)18-30(32)51-29(39(53)60)12-13-54-41(62)55-14-11-25-31(57(55)42(54)63)17-27-38(59)56(52-37-28(46)15-22(20-50-37)44(47,48)49)40(61)43(27,21-5-7-23(45)8-6-21)36(25)26-10-9-24(64-2)16-33(26)58/h5-11,15-16,18-20,27,31,36,58H,12-14,17H2,1-4H3,(H,50,52). The van der Waals surface area contributed by atoms with E-state index < -0.39 is 74.6 Å². The number of phenolic OH excluding ortho intramolecular Hbond substituents is 1. The first-order chi connectivity index (χ1) is 31.4. The first-order valence-electron chi connectivity index (χ1n) is 20.2. The Kier molecular flexibility index (Phi) is 10.8. The van der Waals surface area contributed by atoms with Crippen molar-refractivity contribution in [2.75, 3.05) is 26.8 Å². The van der Waals surface area contributed by atoms with E-state index in [4.69, 9.17) is 37.4 Å². The van der Waals surface area contributed by atoms with Crippen molar-refractivity contribution in [3.8, 4) is 23.0 Å². The van der Waals surface area contributed by atoms with E-state index in [-0.39, 0.29) is 54.3 Å². The van der Waals surface area contributed by atoms with Crippen molar-refractivity contribution in [3.05, 3.63) is 142 Å². The zero-order valence-electron chi connectivity index (χ0n) is 35.2. The number of hydrogen-bond acceptors (Lipinski definition) is 12. The maximum absolute atomic E-state index is 15.4. The molecule has 9 rings (SSSR count). The van der Waals surface area contributed by atoms with Crippen molar-refractivity contribution in [2.45, 2.75) is 49.5 Å². The van der Waals surface area contributed by atoms with Crippen LogP contribution in [-0.2, 0) is 47.7 Å². The molecule has 0 bridgehead atoms. The van der Waals surface area contributed by atoms with Crippen molar-refractivity contribution < 1.29 is 42.1 Å². The van der Waals surface area contributed by atoms with Gasteiger partial charge in [-0.2, -0.15) is 18.2 Å². The quantitative estimate of drug-likeness (QED) is 0.132. The number of allylic oxidation sites excluding steroid dienone is 2. The van der Waals surface area contributed by atoms with Gasteiger partial charge in [-0.25, -0.2) is 33.5 Å². The number of pyridine rings is 1. The van der Waals surface area contributed by atoms with Gasteiger partial charge in [0, 0.05) is 60.9 Å². The minimum atomic E-state index is -4.80. The van der Waals surface area contributed by atoms with Crippen LogP contribution in [0.25, 0.3) is 11.0 Å². The molecule has 5 heterocycles. The van der Waals surface area contributed by atoms with Crippen molar-refractivity contribution in [3.63, 3.8) is 0 Å². The molecule has 2 fully saturated rings. The molecule has 22 heteroatoms. The molecule has 1 saturated carbocycles. The minimum absolute atomic E-state index is 0.0576. The SMILES string of the molecule is COc1ccc(C2C3=CCn4c(=O)n(CCc5nc6cc(OC)c(OC)cc6n(C)c5=O)c(=O)n4C3CC3C(=O)N(Nc4ncc(C(F)(F)F)cc4Cl)C(=O)C32c2ccc(Cl)cc2)c(O)c1. The number of rotatable bonds is 10. The summed E-state index contributed by atoms with van der Waals surface area (Å²) >= 11 is 12.6. The fourth-order valence-electron chi connectivity index (χ4n) is 9.61. The van der Waals surface area contributed by atoms with Crippen molar-refractivity contribution in [1.29, 1.82) is 0 Å². The molecule has 17 nitrogen and oxygen atoms in total. The monoisotopic (exact) mass is 948 g/mol. The zero-order valence-corrected chi connectivity index (χ0v) is 36.7. The van der Waals surface area contributed by atoms with Crippen LogP contribution in [0.3, 0.4) is 0 Å². The molecule has 0 radical (unpaired) electrons. The average Bonchev–Trinajstić information content (AvgIpc) is 3.66. The largest absolute Gasteiger partial charge is 0.508 e. The first kappa shape index (κ1) is 44.2. The Labute approximate surface area is 380 Å². The molecule has 4 atom stereocenters. The molecule has 3 aromatic heterocycles. The number of carbonyl (C=O) groups is 2. The third kappa shape index (κ3) is 6.71. The van der Waals surface area contributed by atoms with Crippen LogP contribution in [0.5, 0.6) is 23.0 Å². The number of aromatic nitrogens is 6. The predicted molar refractivity (Wildman–Crippen MR) is 232 cm³/mol. The molecule has 3 aliphatic rings. The van der Waals surface area contributed by atoms with E-state index in [0.717, 1.165) is 4.57 Å². The number of hydrogen-bond donors (Lipinski definition) is 2. The Bertz CT molecular complexity index is 3240. The highest BCUT2D eigenvalue weighted by Gasteiger charge is 2.69. The van der Waals surface area contributed by atoms with Crippen LogP contribution in [-0.4, -0.2) is 71.7 Å². The molecule has 1 aliphatic carbocycles. The van der Waals surface area contributed by atoms with Gasteiger partial charge in [-0.15, -0.1) is 0 Å². The summed E-state index contributed by atoms with van der Waals surface area (Å²) in [6.45, 7) is -0.459. The second-order valence-corrected chi connectivity index (χ2v) is 16.7. The number of amides is 2. The number of aryl methyl sites for hydroxylation is 2. The second kappa shape index (κ2) is 16.1. The number of alkyl halides is 3. The lowest BCUT2D eigenvalue weighted by Gasteiger charge is -2.49. The summed E-state index contributed by atoms with van der Waals surface area (Å²) < 4.78 is 61.7. The number of nitrogens with one attached hydrogen (secondary N) is 1. The van der Waals surface area contributed by atoms with Crippen LogP contribution in [0.4, 0.5) is 19.0 Å². The van der Waals surface area contributed by atoms with Gasteiger partial charge in [0.15, 0.2) is 17.3 Å². The average molecular weight is 950 g/mol. The summed E-state index contributed by atoms with van der Waals surface area (Å²) in [6, 6.07) is 13.3. The van der Waals surface area contributed by atoms with Crippen LogP contribution in [0.15, 0.2) is 92.9 Å². The number of nitrogens with zero attached hydrogens (tertiary/aromatic N) is 7. The summed E-state index contributed by atoms with van der Waals surface area (Å²) in [5.74, 6) is -4.13. The van der Waals surface area contributed by atoms with E-state index >= 15 is 4.79 Å². The van der Waals surface area contributed by atoms with E-state index in [0.29, 0.717) is 50.4 Å². The number of methoxy groups -OCH3 is 3. The minimum Gasteiger partial charge on any atom is -0.508 e. The number of hydrazine groups is 1. The highest BCUT2D eigenvalue weighted by molar-refractivity contribution is 6.33. The van der Waals surface area contributed by atoms with Gasteiger partial charge in [0.05, 0.1) is 66.9 Å². The Hall–Kier alpha value is -7.06. The van der Waals surface area contributed by atoms with Crippen molar-refractivity contribution >= 4 is 51.9 Å². The Balaban J connectivity index is 1.18. The Morgan fingerprint density at radius 1 is 0.924 bits per heavy atom. The molecule has 342 valence electrons. The molecule has 3 aromatic carbocycles. The smallest absolute Gasteiger partial charge is 0.417 e. The third-order valence-corrected chi connectivity index (χ3v) is 13.2. The summed E-state index contributed by atoms with van der Waals surface area (Å²) in [5.41, 5.74) is -0.791. The number of halogens is 5. The van der Waals surface area contributed by atoms with E-state index in [1.54, 1.807) is 43.5 Å². The number of imide groups is 1. The molecule has 2 amide bonds. The molecule has 0 spiro atoms. The third-order valence-electron chi connectivity index (χ3n) is 12.7. The van der Waals surface area contributed by atoms with Gasteiger partial charge in [0.25, 0.3) is 17.4 Å². The molecule has 1 saturated heterocycles. The first-order valence-corrected chi connectivity index (χ1v) is 20.9. The molecule has 66 heavy (non-hydrogen) atoms. The molecule has 6 aromatic rings. The van der Waals surface area contributed by atoms with Crippen LogP contribution in [0.1, 0.15) is 40.8 Å². The van der Waals surface area contributed by atoms with Crippen LogP contribution in [0.2, 0.25) is 10.0 Å². The van der Waals surface area contributed by atoms with E-state index in [1.807, 2.05) is 0 Å². The maximum Gasteiger partial charge on any atom is 0.417 e. The van der Waals surface area contributed by atoms with Gasteiger partial charge in [0.1, 0.15) is 17.2 Å². The fraction of sp³-hybridized carbons (Fsp3) is 0.295. The van der Waals surface area contributed by atoms with Gasteiger partial charge in [-0.1, -0.05) is 47.5 Å². The summed E-state index contributed by atoms with van der Waals surface area (Å²) in [6.07, 6.45) is -3.04. The Morgan fingerprint density at radius 2 is 1.64 bits per heavy atom. The molecule has 4 unspecified atom stereocenters. The summed E-state index contributed by atoms with van der Waals surface area (Å²) in [5, 5.41) is 12.1. The van der Waals surface area contributed by atoms with Crippen LogP contribution >= 0.6 is 23.2 Å². The van der Waals surface area contributed by atoms with Gasteiger partial charge in [0.2, 0.25) is 0 Å². The highest BCUT2D eigenvalue weighted by atomic mass is 35.5. The number of carbonyl (C=O) groups excluding carboxylic acids is 2. The lowest BCUT2D eigenvalue weighted by molar-refractivity contribution is -0.139. The van der Waals surface area contributed by atoms with Crippen molar-refractivity contribution in [2.24, 2.45) is 13.0 Å². The van der Waals surface area contributed by atoms with Crippen LogP contribution < -0.4 is 36.6 Å². The number of anilines is 1.